The fraction of sp³-hybridized carbons (Fsp3) is 0.304. The number of benzene rings is 1. The van der Waals surface area contributed by atoms with Crippen molar-refractivity contribution < 1.29 is 9.18 Å². The first-order valence-electron chi connectivity index (χ1n) is 10.3. The molecule has 1 N–H and O–H groups in total. The lowest BCUT2D eigenvalue weighted by Crippen LogP contribution is -2.60. The minimum atomic E-state index is -0.546. The number of piperidine rings is 2. The van der Waals surface area contributed by atoms with Crippen LogP contribution in [0.2, 0.25) is 0 Å². The fourth-order valence-corrected chi connectivity index (χ4v) is 4.98. The highest BCUT2D eigenvalue weighted by Gasteiger charge is 2.44. The topological polar surface area (TPSA) is 71.0 Å². The standard InChI is InChI=1S/C23H21BrFN5O/c24-15-6-8-20(28-12-15)29-18-11-14-5-7-19(18)30(13-14)23(31)21-16(3-1-4-17(21)25)22-26-9-2-10-27-22/h1-4,6,8-10,12,14,18-19H,5,7,11,13H2,(H,28,29). The van der Waals surface area contributed by atoms with E-state index in [2.05, 4.69) is 36.2 Å². The Bertz CT molecular complexity index is 1090. The van der Waals surface area contributed by atoms with Gasteiger partial charge in [0.1, 0.15) is 11.6 Å². The molecule has 1 aliphatic carbocycles. The van der Waals surface area contributed by atoms with Crippen molar-refractivity contribution in [3.05, 3.63) is 70.8 Å². The Balaban J connectivity index is 1.45. The first-order valence-corrected chi connectivity index (χ1v) is 11.1. The predicted molar refractivity (Wildman–Crippen MR) is 119 cm³/mol. The van der Waals surface area contributed by atoms with Crippen LogP contribution in [0.15, 0.2) is 59.5 Å². The molecule has 3 fully saturated rings. The van der Waals surface area contributed by atoms with Crippen LogP contribution >= 0.6 is 15.9 Å². The highest BCUT2D eigenvalue weighted by Crippen LogP contribution is 2.38. The molecule has 158 valence electrons. The lowest BCUT2D eigenvalue weighted by Gasteiger charge is -2.50. The minimum Gasteiger partial charge on any atom is -0.365 e. The van der Waals surface area contributed by atoms with Gasteiger partial charge < -0.3 is 10.2 Å². The Labute approximate surface area is 188 Å². The van der Waals surface area contributed by atoms with Crippen LogP contribution in [0.25, 0.3) is 11.4 Å². The third-order valence-corrected chi connectivity index (χ3v) is 6.60. The first-order chi connectivity index (χ1) is 15.1. The highest BCUT2D eigenvalue weighted by atomic mass is 79.9. The summed E-state index contributed by atoms with van der Waals surface area (Å²) in [6, 6.07) is 10.2. The molecule has 31 heavy (non-hydrogen) atoms. The van der Waals surface area contributed by atoms with Gasteiger partial charge in [0, 0.05) is 41.2 Å². The second kappa shape index (κ2) is 8.34. The maximum atomic E-state index is 14.9. The van der Waals surface area contributed by atoms with Crippen LogP contribution in [0.3, 0.4) is 0 Å². The SMILES string of the molecule is O=C(c1c(F)cccc1-c1ncccn1)N1CC2CCC1C(Nc1ccc(Br)cn1)C2. The Morgan fingerprint density at radius 2 is 1.94 bits per heavy atom. The van der Waals surface area contributed by atoms with E-state index in [1.807, 2.05) is 17.0 Å². The van der Waals surface area contributed by atoms with E-state index in [1.165, 1.54) is 6.07 Å². The number of rotatable bonds is 4. The van der Waals surface area contributed by atoms with Crippen LogP contribution < -0.4 is 5.32 Å². The van der Waals surface area contributed by atoms with Crippen molar-refractivity contribution in [1.82, 2.24) is 19.9 Å². The number of hydrogen-bond donors (Lipinski definition) is 1. The van der Waals surface area contributed by atoms with Gasteiger partial charge >= 0.3 is 0 Å². The average Bonchev–Trinajstić information content (AvgIpc) is 2.81. The van der Waals surface area contributed by atoms with E-state index in [4.69, 9.17) is 0 Å². The van der Waals surface area contributed by atoms with Gasteiger partial charge in [-0.15, -0.1) is 0 Å². The molecular formula is C23H21BrFN5O. The van der Waals surface area contributed by atoms with E-state index in [0.29, 0.717) is 23.9 Å². The number of anilines is 1. The predicted octanol–water partition coefficient (Wildman–Crippen LogP) is 4.55. The molecule has 1 amide bonds. The van der Waals surface area contributed by atoms with Crippen LogP contribution in [0, 0.1) is 11.7 Å². The molecule has 0 spiro atoms. The number of pyridine rings is 1. The summed E-state index contributed by atoms with van der Waals surface area (Å²) in [4.78, 5) is 28.3. The molecule has 6 rings (SSSR count). The van der Waals surface area contributed by atoms with Crippen LogP contribution in [-0.4, -0.2) is 44.4 Å². The van der Waals surface area contributed by atoms with E-state index >= 15 is 0 Å². The first kappa shape index (κ1) is 20.1. The van der Waals surface area contributed by atoms with E-state index in [9.17, 15) is 9.18 Å². The van der Waals surface area contributed by atoms with Gasteiger partial charge in [-0.25, -0.2) is 19.3 Å². The average molecular weight is 482 g/mol. The molecular weight excluding hydrogens is 461 g/mol. The van der Waals surface area contributed by atoms with Gasteiger partial charge in [0.05, 0.1) is 11.6 Å². The lowest BCUT2D eigenvalue weighted by molar-refractivity contribution is 0.0278. The van der Waals surface area contributed by atoms with Crippen LogP contribution in [-0.2, 0) is 0 Å². The van der Waals surface area contributed by atoms with Crippen LogP contribution in [0.1, 0.15) is 29.6 Å². The minimum absolute atomic E-state index is 0.0212. The Kier molecular flexibility index (Phi) is 5.40. The molecule has 6 nitrogen and oxygen atoms in total. The molecule has 1 aromatic carbocycles. The molecule has 0 radical (unpaired) electrons. The van der Waals surface area contributed by atoms with E-state index in [0.717, 1.165) is 29.6 Å². The number of hydrogen-bond acceptors (Lipinski definition) is 5. The van der Waals surface area contributed by atoms with Crippen molar-refractivity contribution in [1.29, 1.82) is 0 Å². The molecule has 4 heterocycles. The monoisotopic (exact) mass is 481 g/mol. The van der Waals surface area contributed by atoms with Gasteiger partial charge in [-0.2, -0.15) is 0 Å². The van der Waals surface area contributed by atoms with Crippen molar-refractivity contribution in [2.75, 3.05) is 11.9 Å². The molecule has 1 saturated carbocycles. The zero-order chi connectivity index (χ0) is 21.4. The quantitative estimate of drug-likeness (QED) is 0.591. The molecule has 2 bridgehead atoms. The molecule has 3 aromatic rings. The molecule has 3 unspecified atom stereocenters. The molecule has 2 aromatic heterocycles. The van der Waals surface area contributed by atoms with E-state index < -0.39 is 5.82 Å². The molecule has 2 saturated heterocycles. The van der Waals surface area contributed by atoms with Crippen molar-refractivity contribution in [3.8, 4) is 11.4 Å². The van der Waals surface area contributed by atoms with Crippen molar-refractivity contribution in [2.45, 2.75) is 31.3 Å². The molecule has 3 atom stereocenters. The molecule has 2 aliphatic heterocycles. The number of carbonyl (C=O) groups is 1. The van der Waals surface area contributed by atoms with Gasteiger partial charge in [0.25, 0.3) is 5.91 Å². The van der Waals surface area contributed by atoms with Gasteiger partial charge in [-0.05, 0) is 65.4 Å². The molecule has 3 aliphatic rings. The zero-order valence-corrected chi connectivity index (χ0v) is 18.3. The van der Waals surface area contributed by atoms with Gasteiger partial charge in [0.15, 0.2) is 5.82 Å². The Hall–Kier alpha value is -2.87. The third-order valence-electron chi connectivity index (χ3n) is 6.13. The summed E-state index contributed by atoms with van der Waals surface area (Å²) in [5, 5.41) is 3.49. The van der Waals surface area contributed by atoms with Crippen molar-refractivity contribution in [2.24, 2.45) is 5.92 Å². The number of halogens is 2. The maximum absolute atomic E-state index is 14.9. The number of amides is 1. The summed E-state index contributed by atoms with van der Waals surface area (Å²) < 4.78 is 15.8. The summed E-state index contributed by atoms with van der Waals surface area (Å²) in [6.07, 6.45) is 7.86. The highest BCUT2D eigenvalue weighted by molar-refractivity contribution is 9.10. The molecule has 8 heteroatoms. The van der Waals surface area contributed by atoms with Gasteiger partial charge in [-0.3, -0.25) is 4.79 Å². The van der Waals surface area contributed by atoms with Gasteiger partial charge in [0.2, 0.25) is 0 Å². The maximum Gasteiger partial charge on any atom is 0.257 e. The number of nitrogens with one attached hydrogen (secondary N) is 1. The fourth-order valence-electron chi connectivity index (χ4n) is 4.74. The second-order valence-electron chi connectivity index (χ2n) is 8.05. The third kappa shape index (κ3) is 3.92. The Morgan fingerprint density at radius 1 is 1.10 bits per heavy atom. The summed E-state index contributed by atoms with van der Waals surface area (Å²) in [6.45, 7) is 0.638. The zero-order valence-electron chi connectivity index (χ0n) is 16.7. The van der Waals surface area contributed by atoms with Gasteiger partial charge in [-0.1, -0.05) is 12.1 Å². The van der Waals surface area contributed by atoms with Crippen molar-refractivity contribution >= 4 is 27.7 Å². The lowest BCUT2D eigenvalue weighted by atomic mass is 9.76. The number of fused-ring (bicyclic) bond motifs is 3. The van der Waals surface area contributed by atoms with E-state index in [-0.39, 0.29) is 23.6 Å². The number of carbonyl (C=O) groups excluding carboxylic acids is 1. The van der Waals surface area contributed by atoms with E-state index in [1.54, 1.807) is 36.8 Å². The smallest absolute Gasteiger partial charge is 0.257 e. The van der Waals surface area contributed by atoms with Crippen LogP contribution in [0.4, 0.5) is 10.2 Å². The number of nitrogens with zero attached hydrogens (tertiary/aromatic N) is 4. The largest absolute Gasteiger partial charge is 0.365 e. The number of aromatic nitrogens is 3. The normalized spacial score (nSPS) is 22.4. The summed E-state index contributed by atoms with van der Waals surface area (Å²) in [5.41, 5.74) is 0.466. The second-order valence-corrected chi connectivity index (χ2v) is 8.97. The Morgan fingerprint density at radius 3 is 2.68 bits per heavy atom. The summed E-state index contributed by atoms with van der Waals surface area (Å²) >= 11 is 3.40. The summed E-state index contributed by atoms with van der Waals surface area (Å²) in [5.74, 6) is 0.657. The van der Waals surface area contributed by atoms with Crippen LogP contribution in [0.5, 0.6) is 0 Å². The summed E-state index contributed by atoms with van der Waals surface area (Å²) in [7, 11) is 0. The van der Waals surface area contributed by atoms with Crippen molar-refractivity contribution in [3.63, 3.8) is 0 Å².